The van der Waals surface area contributed by atoms with Crippen molar-refractivity contribution >= 4 is 15.7 Å². The molecule has 6 nitrogen and oxygen atoms in total. The van der Waals surface area contributed by atoms with Crippen LogP contribution >= 0.6 is 0 Å². The van der Waals surface area contributed by atoms with Crippen LogP contribution in [0.25, 0.3) is 0 Å². The molecule has 0 aromatic carbocycles. The predicted molar refractivity (Wildman–Crippen MR) is 69.5 cm³/mol. The Morgan fingerprint density at radius 2 is 2.22 bits per heavy atom. The highest BCUT2D eigenvalue weighted by atomic mass is 32.2. The summed E-state index contributed by atoms with van der Waals surface area (Å²) in [5.41, 5.74) is 5.70. The maximum Gasteiger partial charge on any atom is 0.260 e. The number of nitrogens with one attached hydrogen (secondary N) is 1. The van der Waals surface area contributed by atoms with Crippen LogP contribution in [0, 0.1) is 5.92 Å². The van der Waals surface area contributed by atoms with Gasteiger partial charge in [-0.1, -0.05) is 13.8 Å². The van der Waals surface area contributed by atoms with E-state index in [-0.39, 0.29) is 17.3 Å². The molecule has 1 heterocycles. The van der Waals surface area contributed by atoms with Crippen molar-refractivity contribution in [3.05, 3.63) is 18.3 Å². The lowest BCUT2D eigenvalue weighted by molar-refractivity contribution is 0.114. The van der Waals surface area contributed by atoms with Crippen molar-refractivity contribution in [1.82, 2.24) is 9.71 Å². The van der Waals surface area contributed by atoms with E-state index in [0.717, 1.165) is 0 Å². The zero-order valence-electron chi connectivity index (χ0n) is 10.6. The summed E-state index contributed by atoms with van der Waals surface area (Å²) in [7, 11) is -3.66. The van der Waals surface area contributed by atoms with Crippen LogP contribution in [-0.2, 0) is 14.8 Å². The summed E-state index contributed by atoms with van der Waals surface area (Å²) in [6.07, 6.45) is 1.39. The minimum absolute atomic E-state index is 0.132. The van der Waals surface area contributed by atoms with E-state index in [9.17, 15) is 8.42 Å². The first-order valence-electron chi connectivity index (χ1n) is 5.71. The Balaban J connectivity index is 2.49. The number of hydrogen-bond acceptors (Lipinski definition) is 5. The van der Waals surface area contributed by atoms with Gasteiger partial charge in [-0.15, -0.1) is 0 Å². The van der Waals surface area contributed by atoms with Gasteiger partial charge >= 0.3 is 0 Å². The maximum absolute atomic E-state index is 11.8. The van der Waals surface area contributed by atoms with Gasteiger partial charge in [0.1, 0.15) is 0 Å². The minimum Gasteiger partial charge on any atom is -0.396 e. The number of nitrogens with zero attached hydrogens (tertiary/aromatic N) is 1. The molecule has 0 bridgehead atoms. The number of rotatable bonds is 7. The predicted octanol–water partition coefficient (Wildman–Crippen LogP) is 0.615. The SMILES string of the molecule is CC(C)COCCNS(=O)(=O)c1ncccc1N. The Bertz CT molecular complexity index is 474. The third-order valence-electron chi connectivity index (χ3n) is 2.04. The molecule has 1 aromatic heterocycles. The van der Waals surface area contributed by atoms with Gasteiger partial charge in [0, 0.05) is 19.3 Å². The lowest BCUT2D eigenvalue weighted by Gasteiger charge is -2.09. The number of aromatic nitrogens is 1. The number of pyridine rings is 1. The van der Waals surface area contributed by atoms with Crippen molar-refractivity contribution in [1.29, 1.82) is 0 Å². The lowest BCUT2D eigenvalue weighted by atomic mass is 10.2. The van der Waals surface area contributed by atoms with E-state index in [1.54, 1.807) is 6.07 Å². The molecular formula is C11H19N3O3S. The fraction of sp³-hybridized carbons (Fsp3) is 0.545. The quantitative estimate of drug-likeness (QED) is 0.710. The highest BCUT2D eigenvalue weighted by Gasteiger charge is 2.17. The molecule has 0 amide bonds. The van der Waals surface area contributed by atoms with Gasteiger partial charge in [0.2, 0.25) is 0 Å². The number of anilines is 1. The van der Waals surface area contributed by atoms with E-state index in [4.69, 9.17) is 10.5 Å². The van der Waals surface area contributed by atoms with Crippen LogP contribution in [0.4, 0.5) is 5.69 Å². The van der Waals surface area contributed by atoms with Gasteiger partial charge in [-0.3, -0.25) is 0 Å². The van der Waals surface area contributed by atoms with Crippen molar-refractivity contribution < 1.29 is 13.2 Å². The minimum atomic E-state index is -3.66. The van der Waals surface area contributed by atoms with Crippen LogP contribution in [0.3, 0.4) is 0 Å². The number of sulfonamides is 1. The number of nitrogens with two attached hydrogens (primary N) is 1. The monoisotopic (exact) mass is 273 g/mol. The summed E-state index contributed by atoms with van der Waals surface area (Å²) < 4.78 is 31.4. The lowest BCUT2D eigenvalue weighted by Crippen LogP contribution is -2.29. The summed E-state index contributed by atoms with van der Waals surface area (Å²) >= 11 is 0. The molecule has 0 aliphatic heterocycles. The van der Waals surface area contributed by atoms with E-state index in [2.05, 4.69) is 9.71 Å². The molecule has 1 aromatic rings. The molecule has 1 rings (SSSR count). The Morgan fingerprint density at radius 1 is 1.50 bits per heavy atom. The summed E-state index contributed by atoms with van der Waals surface area (Å²) in [5.74, 6) is 0.424. The number of nitrogen functional groups attached to an aromatic ring is 1. The Labute approximate surface area is 108 Å². The third-order valence-corrected chi connectivity index (χ3v) is 3.48. The van der Waals surface area contributed by atoms with Crippen LogP contribution in [0.1, 0.15) is 13.8 Å². The van der Waals surface area contributed by atoms with Gasteiger partial charge in [-0.2, -0.15) is 0 Å². The molecule has 0 atom stereocenters. The summed E-state index contributed by atoms with van der Waals surface area (Å²) in [4.78, 5) is 3.76. The summed E-state index contributed by atoms with van der Waals surface area (Å²) in [5, 5.41) is -0.145. The van der Waals surface area contributed by atoms with Gasteiger partial charge in [0.05, 0.1) is 12.3 Å². The molecule has 3 N–H and O–H groups in total. The molecule has 0 radical (unpaired) electrons. The van der Waals surface area contributed by atoms with Crippen LogP contribution in [0.5, 0.6) is 0 Å². The Hall–Kier alpha value is -1.18. The van der Waals surface area contributed by atoms with Crippen molar-refractivity contribution in [2.75, 3.05) is 25.5 Å². The molecule has 7 heteroatoms. The Morgan fingerprint density at radius 3 is 2.83 bits per heavy atom. The number of hydrogen-bond donors (Lipinski definition) is 2. The van der Waals surface area contributed by atoms with Crippen LogP contribution in [-0.4, -0.2) is 33.2 Å². The first kappa shape index (κ1) is 14.9. The van der Waals surface area contributed by atoms with E-state index in [1.807, 2.05) is 13.8 Å². The molecule has 0 saturated carbocycles. The zero-order valence-corrected chi connectivity index (χ0v) is 11.4. The molecule has 0 aliphatic rings. The van der Waals surface area contributed by atoms with Crippen LogP contribution in [0.2, 0.25) is 0 Å². The highest BCUT2D eigenvalue weighted by molar-refractivity contribution is 7.89. The zero-order chi connectivity index (χ0) is 13.6. The molecule has 0 unspecified atom stereocenters. The molecule has 0 spiro atoms. The molecule has 0 saturated heterocycles. The molecule has 0 fully saturated rings. The fourth-order valence-corrected chi connectivity index (χ4v) is 2.33. The fourth-order valence-electron chi connectivity index (χ4n) is 1.26. The van der Waals surface area contributed by atoms with E-state index >= 15 is 0 Å². The van der Waals surface area contributed by atoms with E-state index in [1.165, 1.54) is 12.3 Å². The molecule has 102 valence electrons. The second-order valence-corrected chi connectivity index (χ2v) is 5.95. The summed E-state index contributed by atoms with van der Waals surface area (Å²) in [6.45, 7) is 5.18. The first-order valence-corrected chi connectivity index (χ1v) is 7.19. The normalized spacial score (nSPS) is 11.9. The van der Waals surface area contributed by atoms with Gasteiger partial charge in [0.15, 0.2) is 5.03 Å². The smallest absolute Gasteiger partial charge is 0.260 e. The largest absolute Gasteiger partial charge is 0.396 e. The van der Waals surface area contributed by atoms with Gasteiger partial charge in [-0.05, 0) is 18.1 Å². The van der Waals surface area contributed by atoms with Crippen molar-refractivity contribution in [2.24, 2.45) is 5.92 Å². The topological polar surface area (TPSA) is 94.3 Å². The van der Waals surface area contributed by atoms with Crippen molar-refractivity contribution in [3.8, 4) is 0 Å². The van der Waals surface area contributed by atoms with Crippen molar-refractivity contribution in [3.63, 3.8) is 0 Å². The molecular weight excluding hydrogens is 254 g/mol. The third kappa shape index (κ3) is 4.59. The van der Waals surface area contributed by atoms with Crippen LogP contribution < -0.4 is 10.5 Å². The van der Waals surface area contributed by atoms with E-state index < -0.39 is 10.0 Å². The molecule has 0 aliphatic carbocycles. The highest BCUT2D eigenvalue weighted by Crippen LogP contribution is 2.12. The molecule has 18 heavy (non-hydrogen) atoms. The first-order chi connectivity index (χ1) is 8.43. The van der Waals surface area contributed by atoms with Gasteiger partial charge in [-0.25, -0.2) is 18.1 Å². The second-order valence-electron chi connectivity index (χ2n) is 4.26. The average molecular weight is 273 g/mol. The maximum atomic E-state index is 11.8. The average Bonchev–Trinajstić information content (AvgIpc) is 2.28. The Kier molecular flexibility index (Phi) is 5.52. The van der Waals surface area contributed by atoms with Crippen molar-refractivity contribution in [2.45, 2.75) is 18.9 Å². The van der Waals surface area contributed by atoms with Gasteiger partial charge in [0.25, 0.3) is 10.0 Å². The van der Waals surface area contributed by atoms with E-state index in [0.29, 0.717) is 19.1 Å². The summed E-state index contributed by atoms with van der Waals surface area (Å²) in [6, 6.07) is 3.08. The van der Waals surface area contributed by atoms with Crippen LogP contribution in [0.15, 0.2) is 23.4 Å². The second kappa shape index (κ2) is 6.67. The number of ether oxygens (including phenoxy) is 1. The van der Waals surface area contributed by atoms with Gasteiger partial charge < -0.3 is 10.5 Å². The standard InChI is InChI=1S/C11H19N3O3S/c1-9(2)8-17-7-6-14-18(15,16)11-10(12)4-3-5-13-11/h3-5,9,14H,6-8,12H2,1-2H3.